The number of nitrogens with two attached hydrogens (primary N) is 1. The van der Waals surface area contributed by atoms with Crippen LogP contribution in [0.3, 0.4) is 0 Å². The van der Waals surface area contributed by atoms with Gasteiger partial charge < -0.3 is 14.9 Å². The molecule has 0 saturated heterocycles. The van der Waals surface area contributed by atoms with Crippen molar-refractivity contribution in [3.63, 3.8) is 0 Å². The molecular weight excluding hydrogens is 312 g/mol. The number of nitrogens with zero attached hydrogens (tertiary/aromatic N) is 1. The van der Waals surface area contributed by atoms with Gasteiger partial charge in [0.1, 0.15) is 5.52 Å². The van der Waals surface area contributed by atoms with Gasteiger partial charge in [-0.3, -0.25) is 0 Å². The number of para-hydroxylation sites is 2. The first-order valence-corrected chi connectivity index (χ1v) is 9.12. The van der Waals surface area contributed by atoms with Crippen LogP contribution < -0.4 is 5.73 Å². The molecule has 2 unspecified atom stereocenters. The van der Waals surface area contributed by atoms with Crippen LogP contribution in [0.5, 0.6) is 0 Å². The molecule has 4 rings (SSSR count). The van der Waals surface area contributed by atoms with Gasteiger partial charge in [0, 0.05) is 11.6 Å². The van der Waals surface area contributed by atoms with Gasteiger partial charge in [0.2, 0.25) is 5.89 Å². The molecule has 0 amide bonds. The average Bonchev–Trinajstić information content (AvgIpc) is 2.97. The summed E-state index contributed by atoms with van der Waals surface area (Å²) in [6.07, 6.45) is 6.03. The molecule has 4 heteroatoms. The van der Waals surface area contributed by atoms with Gasteiger partial charge in [0.15, 0.2) is 5.58 Å². The zero-order chi connectivity index (χ0) is 17.1. The zero-order valence-corrected chi connectivity index (χ0v) is 14.4. The maximum absolute atomic E-state index is 6.23. The van der Waals surface area contributed by atoms with E-state index in [2.05, 4.69) is 17.1 Å². The molecule has 0 bridgehead atoms. The highest BCUT2D eigenvalue weighted by atomic mass is 16.5. The molecule has 2 aromatic carbocycles. The average molecular weight is 336 g/mol. The van der Waals surface area contributed by atoms with Crippen LogP contribution in [0.2, 0.25) is 0 Å². The minimum absolute atomic E-state index is 0.168. The van der Waals surface area contributed by atoms with Crippen molar-refractivity contribution in [1.82, 2.24) is 4.98 Å². The summed E-state index contributed by atoms with van der Waals surface area (Å²) in [5.74, 6) is 0.652. The lowest BCUT2D eigenvalue weighted by Gasteiger charge is -2.21. The van der Waals surface area contributed by atoms with E-state index >= 15 is 0 Å². The fourth-order valence-electron chi connectivity index (χ4n) is 3.45. The van der Waals surface area contributed by atoms with Gasteiger partial charge in [-0.15, -0.1) is 0 Å². The molecule has 1 saturated carbocycles. The Morgan fingerprint density at radius 2 is 1.80 bits per heavy atom. The lowest BCUT2D eigenvalue weighted by atomic mass is 10.1. The van der Waals surface area contributed by atoms with E-state index in [-0.39, 0.29) is 12.1 Å². The van der Waals surface area contributed by atoms with Crippen LogP contribution in [0.25, 0.3) is 22.6 Å². The first kappa shape index (κ1) is 16.3. The van der Waals surface area contributed by atoms with Crippen molar-refractivity contribution in [3.8, 4) is 11.5 Å². The number of aromatic nitrogens is 1. The molecule has 0 spiro atoms. The second-order valence-corrected chi connectivity index (χ2v) is 6.83. The number of oxazole rings is 1. The van der Waals surface area contributed by atoms with Crippen LogP contribution >= 0.6 is 0 Å². The minimum Gasteiger partial charge on any atom is -0.436 e. The van der Waals surface area contributed by atoms with E-state index in [9.17, 15) is 0 Å². The van der Waals surface area contributed by atoms with Crippen molar-refractivity contribution in [2.75, 3.05) is 0 Å². The van der Waals surface area contributed by atoms with Crippen molar-refractivity contribution in [2.24, 2.45) is 5.73 Å². The van der Waals surface area contributed by atoms with Crippen LogP contribution in [0, 0.1) is 0 Å². The zero-order valence-electron chi connectivity index (χ0n) is 14.4. The molecule has 4 nitrogen and oxygen atoms in total. The summed E-state index contributed by atoms with van der Waals surface area (Å²) in [5, 5.41) is 0. The van der Waals surface area contributed by atoms with Crippen LogP contribution in [-0.2, 0) is 11.3 Å². The van der Waals surface area contributed by atoms with E-state index < -0.39 is 0 Å². The second kappa shape index (κ2) is 7.38. The Labute approximate surface area is 148 Å². The molecule has 0 aliphatic heterocycles. The molecule has 1 heterocycles. The monoisotopic (exact) mass is 336 g/mol. The van der Waals surface area contributed by atoms with Crippen molar-refractivity contribution in [2.45, 2.75) is 50.9 Å². The fraction of sp³-hybridized carbons (Fsp3) is 0.381. The largest absolute Gasteiger partial charge is 0.436 e. The van der Waals surface area contributed by atoms with Gasteiger partial charge in [0.05, 0.1) is 12.7 Å². The summed E-state index contributed by atoms with van der Waals surface area (Å²) >= 11 is 0. The molecule has 2 N–H and O–H groups in total. The molecule has 1 aliphatic carbocycles. The predicted octanol–water partition coefficient (Wildman–Crippen LogP) is 4.67. The highest BCUT2D eigenvalue weighted by molar-refractivity contribution is 5.75. The molecule has 130 valence electrons. The topological polar surface area (TPSA) is 61.3 Å². The van der Waals surface area contributed by atoms with Gasteiger partial charge in [-0.05, 0) is 42.7 Å². The standard InChI is InChI=1S/C21H24N2O2/c22-17-6-2-1-3-8-19(17)24-14-15-10-12-16(13-11-15)21-23-18-7-4-5-9-20(18)25-21/h4-5,7,9-13,17,19H,1-3,6,8,14,22H2. The third-order valence-corrected chi connectivity index (χ3v) is 4.96. The maximum Gasteiger partial charge on any atom is 0.227 e. The second-order valence-electron chi connectivity index (χ2n) is 6.83. The number of hydrogen-bond acceptors (Lipinski definition) is 4. The first-order valence-electron chi connectivity index (χ1n) is 9.12. The molecule has 2 atom stereocenters. The van der Waals surface area contributed by atoms with E-state index in [4.69, 9.17) is 14.9 Å². The highest BCUT2D eigenvalue weighted by Crippen LogP contribution is 2.25. The van der Waals surface area contributed by atoms with Gasteiger partial charge in [-0.2, -0.15) is 0 Å². The maximum atomic E-state index is 6.23. The van der Waals surface area contributed by atoms with Crippen LogP contribution in [-0.4, -0.2) is 17.1 Å². The third kappa shape index (κ3) is 3.75. The molecule has 1 fully saturated rings. The highest BCUT2D eigenvalue weighted by Gasteiger charge is 2.20. The Morgan fingerprint density at radius 3 is 2.64 bits per heavy atom. The van der Waals surface area contributed by atoms with Crippen molar-refractivity contribution < 1.29 is 9.15 Å². The third-order valence-electron chi connectivity index (χ3n) is 4.96. The summed E-state index contributed by atoms with van der Waals surface area (Å²) in [4.78, 5) is 4.54. The summed E-state index contributed by atoms with van der Waals surface area (Å²) in [5.41, 5.74) is 10.1. The smallest absolute Gasteiger partial charge is 0.227 e. The van der Waals surface area contributed by atoms with Gasteiger partial charge in [-0.25, -0.2) is 4.98 Å². The lowest BCUT2D eigenvalue weighted by molar-refractivity contribution is 0.0194. The number of hydrogen-bond donors (Lipinski definition) is 1. The van der Waals surface area contributed by atoms with Crippen molar-refractivity contribution >= 4 is 11.1 Å². The number of fused-ring (bicyclic) bond motifs is 1. The van der Waals surface area contributed by atoms with Crippen molar-refractivity contribution in [3.05, 3.63) is 54.1 Å². The normalized spacial score (nSPS) is 21.3. The van der Waals surface area contributed by atoms with Crippen molar-refractivity contribution in [1.29, 1.82) is 0 Å². The Balaban J connectivity index is 1.43. The van der Waals surface area contributed by atoms with E-state index in [1.165, 1.54) is 19.3 Å². The van der Waals surface area contributed by atoms with E-state index in [0.717, 1.165) is 35.1 Å². The molecular formula is C21H24N2O2. The van der Waals surface area contributed by atoms with Crippen LogP contribution in [0.15, 0.2) is 52.9 Å². The molecule has 3 aromatic rings. The quantitative estimate of drug-likeness (QED) is 0.703. The number of ether oxygens (including phenoxy) is 1. The van der Waals surface area contributed by atoms with Gasteiger partial charge in [0.25, 0.3) is 0 Å². The minimum atomic E-state index is 0.168. The molecule has 0 radical (unpaired) electrons. The van der Waals surface area contributed by atoms with E-state index in [1.54, 1.807) is 0 Å². The van der Waals surface area contributed by atoms with Crippen LogP contribution in [0.1, 0.15) is 37.7 Å². The summed E-state index contributed by atoms with van der Waals surface area (Å²) in [6, 6.07) is 16.2. The Kier molecular flexibility index (Phi) is 4.81. The SMILES string of the molecule is NC1CCCCCC1OCc1ccc(-c2nc3ccccc3o2)cc1. The lowest BCUT2D eigenvalue weighted by Crippen LogP contribution is -2.35. The first-order chi connectivity index (χ1) is 12.3. The Morgan fingerprint density at radius 1 is 1.00 bits per heavy atom. The summed E-state index contributed by atoms with van der Waals surface area (Å²) in [6.45, 7) is 0.603. The Bertz CT molecular complexity index is 792. The Hall–Kier alpha value is -2.17. The summed E-state index contributed by atoms with van der Waals surface area (Å²) in [7, 11) is 0. The van der Waals surface area contributed by atoms with E-state index in [0.29, 0.717) is 12.5 Å². The summed E-state index contributed by atoms with van der Waals surface area (Å²) < 4.78 is 11.9. The van der Waals surface area contributed by atoms with Gasteiger partial charge in [-0.1, -0.05) is 43.5 Å². The van der Waals surface area contributed by atoms with Gasteiger partial charge >= 0.3 is 0 Å². The van der Waals surface area contributed by atoms with Crippen LogP contribution in [0.4, 0.5) is 0 Å². The molecule has 1 aromatic heterocycles. The molecule has 25 heavy (non-hydrogen) atoms. The van der Waals surface area contributed by atoms with E-state index in [1.807, 2.05) is 36.4 Å². The number of rotatable bonds is 4. The predicted molar refractivity (Wildman–Crippen MR) is 99.1 cm³/mol. The number of benzene rings is 2. The molecule has 1 aliphatic rings. The fourth-order valence-corrected chi connectivity index (χ4v) is 3.45.